The second-order valence-electron chi connectivity index (χ2n) is 6.97. The molecule has 0 aromatic heterocycles. The number of amides is 2. The van der Waals surface area contributed by atoms with Crippen LogP contribution in [0.2, 0.25) is 0 Å². The molecule has 1 fully saturated rings. The van der Waals surface area contributed by atoms with E-state index in [0.717, 1.165) is 51.2 Å². The van der Waals surface area contributed by atoms with Crippen molar-refractivity contribution >= 4 is 6.03 Å². The van der Waals surface area contributed by atoms with E-state index in [1.165, 1.54) is 12.1 Å². The van der Waals surface area contributed by atoms with Crippen molar-refractivity contribution in [3.8, 4) is 0 Å². The van der Waals surface area contributed by atoms with Crippen LogP contribution in [0.15, 0.2) is 24.3 Å². The van der Waals surface area contributed by atoms with Gasteiger partial charge in [-0.25, -0.2) is 4.79 Å². The van der Waals surface area contributed by atoms with E-state index < -0.39 is 11.7 Å². The number of piperidine rings is 1. The molecular weight excluding hydrogens is 359 g/mol. The maximum Gasteiger partial charge on any atom is 0.416 e. The topological polar surface area (TPSA) is 53.6 Å². The fourth-order valence-corrected chi connectivity index (χ4v) is 3.16. The van der Waals surface area contributed by atoms with Gasteiger partial charge in [0, 0.05) is 20.2 Å². The highest BCUT2D eigenvalue weighted by Gasteiger charge is 2.30. The Bertz CT molecular complexity index is 585. The summed E-state index contributed by atoms with van der Waals surface area (Å²) in [5, 5.41) is 5.65. The molecule has 5 nitrogen and oxygen atoms in total. The SMILES string of the molecule is COCCN1CCC(CNC(=O)N[C@H](C)c2ccc(C(F)(F)F)cc2)CC1. The van der Waals surface area contributed by atoms with Crippen LogP contribution in [0.5, 0.6) is 0 Å². The van der Waals surface area contributed by atoms with E-state index in [4.69, 9.17) is 4.74 Å². The van der Waals surface area contributed by atoms with Crippen LogP contribution in [0.3, 0.4) is 0 Å². The van der Waals surface area contributed by atoms with Gasteiger partial charge in [-0.1, -0.05) is 12.1 Å². The standard InChI is InChI=1S/C19H28F3N3O2/c1-14(16-3-5-17(6-4-16)19(20,21)22)24-18(26)23-13-15-7-9-25(10-8-15)11-12-27-2/h3-6,14-15H,7-13H2,1-2H3,(H2,23,24,26)/t14-/m1/s1. The smallest absolute Gasteiger partial charge is 0.383 e. The first-order valence-corrected chi connectivity index (χ1v) is 9.22. The molecule has 0 saturated carbocycles. The van der Waals surface area contributed by atoms with Crippen LogP contribution in [-0.4, -0.2) is 50.8 Å². The van der Waals surface area contributed by atoms with E-state index in [1.807, 2.05) is 0 Å². The van der Waals surface area contributed by atoms with Crippen LogP contribution in [0, 0.1) is 5.92 Å². The van der Waals surface area contributed by atoms with E-state index in [9.17, 15) is 18.0 Å². The Morgan fingerprint density at radius 3 is 2.44 bits per heavy atom. The summed E-state index contributed by atoms with van der Waals surface area (Å²) in [6, 6.07) is 4.17. The van der Waals surface area contributed by atoms with Gasteiger partial charge in [0.25, 0.3) is 0 Å². The molecule has 0 radical (unpaired) electrons. The van der Waals surface area contributed by atoms with E-state index in [-0.39, 0.29) is 12.1 Å². The lowest BCUT2D eigenvalue weighted by molar-refractivity contribution is -0.137. The number of rotatable bonds is 7. The summed E-state index contributed by atoms with van der Waals surface area (Å²) in [4.78, 5) is 14.4. The first-order valence-electron chi connectivity index (χ1n) is 9.22. The first-order chi connectivity index (χ1) is 12.8. The molecule has 1 saturated heterocycles. The Labute approximate surface area is 158 Å². The first kappa shape index (κ1) is 21.5. The largest absolute Gasteiger partial charge is 0.416 e. The number of ether oxygens (including phenoxy) is 1. The lowest BCUT2D eigenvalue weighted by Crippen LogP contribution is -2.43. The van der Waals surface area contributed by atoms with Gasteiger partial charge in [-0.2, -0.15) is 13.2 Å². The molecular formula is C19H28F3N3O2. The zero-order chi connectivity index (χ0) is 19.9. The van der Waals surface area contributed by atoms with Gasteiger partial charge in [-0.3, -0.25) is 0 Å². The monoisotopic (exact) mass is 387 g/mol. The van der Waals surface area contributed by atoms with Gasteiger partial charge in [0.1, 0.15) is 0 Å². The molecule has 27 heavy (non-hydrogen) atoms. The maximum absolute atomic E-state index is 12.6. The minimum atomic E-state index is -4.36. The van der Waals surface area contributed by atoms with Crippen molar-refractivity contribution in [3.63, 3.8) is 0 Å². The minimum Gasteiger partial charge on any atom is -0.383 e. The third-order valence-electron chi connectivity index (χ3n) is 4.96. The molecule has 1 aliphatic heterocycles. The molecule has 1 heterocycles. The van der Waals surface area contributed by atoms with Crippen molar-refractivity contribution in [1.29, 1.82) is 0 Å². The molecule has 0 bridgehead atoms. The van der Waals surface area contributed by atoms with Crippen LogP contribution >= 0.6 is 0 Å². The average molecular weight is 387 g/mol. The highest BCUT2D eigenvalue weighted by atomic mass is 19.4. The molecule has 1 aliphatic rings. The molecule has 0 unspecified atom stereocenters. The van der Waals surface area contributed by atoms with Gasteiger partial charge < -0.3 is 20.3 Å². The summed E-state index contributed by atoms with van der Waals surface area (Å²) < 4.78 is 42.9. The van der Waals surface area contributed by atoms with Gasteiger partial charge in [0.05, 0.1) is 18.2 Å². The third kappa shape index (κ3) is 7.03. The Morgan fingerprint density at radius 2 is 1.89 bits per heavy atom. The van der Waals surface area contributed by atoms with Crippen LogP contribution in [0.4, 0.5) is 18.0 Å². The van der Waals surface area contributed by atoms with Gasteiger partial charge in [-0.05, 0) is 56.5 Å². The lowest BCUT2D eigenvalue weighted by atomic mass is 9.97. The summed E-state index contributed by atoms with van der Waals surface area (Å²) in [5.74, 6) is 0.441. The molecule has 0 spiro atoms. The summed E-state index contributed by atoms with van der Waals surface area (Å²) >= 11 is 0. The number of nitrogens with one attached hydrogen (secondary N) is 2. The van der Waals surface area contributed by atoms with Crippen molar-refractivity contribution in [2.24, 2.45) is 5.92 Å². The van der Waals surface area contributed by atoms with Gasteiger partial charge >= 0.3 is 12.2 Å². The number of methoxy groups -OCH3 is 1. The van der Waals surface area contributed by atoms with E-state index in [2.05, 4.69) is 15.5 Å². The Balaban J connectivity index is 1.71. The number of likely N-dealkylation sites (tertiary alicyclic amines) is 1. The molecule has 0 aliphatic carbocycles. The third-order valence-corrected chi connectivity index (χ3v) is 4.96. The predicted molar refractivity (Wildman–Crippen MR) is 97.4 cm³/mol. The molecule has 1 aromatic carbocycles. The highest BCUT2D eigenvalue weighted by Crippen LogP contribution is 2.29. The minimum absolute atomic E-state index is 0.302. The number of carbonyl (C=O) groups is 1. The van der Waals surface area contributed by atoms with Crippen molar-refractivity contribution in [3.05, 3.63) is 35.4 Å². The van der Waals surface area contributed by atoms with Crippen molar-refractivity contribution < 1.29 is 22.7 Å². The number of benzene rings is 1. The Morgan fingerprint density at radius 1 is 1.26 bits per heavy atom. The fourth-order valence-electron chi connectivity index (χ4n) is 3.16. The van der Waals surface area contributed by atoms with E-state index in [0.29, 0.717) is 18.0 Å². The summed E-state index contributed by atoms with van der Waals surface area (Å²) in [5.41, 5.74) is -0.0654. The van der Waals surface area contributed by atoms with Gasteiger partial charge in [-0.15, -0.1) is 0 Å². The lowest BCUT2D eigenvalue weighted by Gasteiger charge is -2.31. The molecule has 8 heteroatoms. The number of urea groups is 1. The van der Waals surface area contributed by atoms with Gasteiger partial charge in [0.15, 0.2) is 0 Å². The van der Waals surface area contributed by atoms with Crippen LogP contribution in [0.25, 0.3) is 0 Å². The number of carbonyl (C=O) groups excluding carboxylic acids is 1. The molecule has 1 aromatic rings. The summed E-state index contributed by atoms with van der Waals surface area (Å²) in [6.45, 7) is 6.01. The molecule has 1 atom stereocenters. The zero-order valence-electron chi connectivity index (χ0n) is 15.8. The van der Waals surface area contributed by atoms with Crippen LogP contribution in [-0.2, 0) is 10.9 Å². The van der Waals surface area contributed by atoms with E-state index in [1.54, 1.807) is 14.0 Å². The number of hydrogen-bond donors (Lipinski definition) is 2. The van der Waals surface area contributed by atoms with Crippen LogP contribution in [0.1, 0.15) is 36.9 Å². The quantitative estimate of drug-likeness (QED) is 0.754. The van der Waals surface area contributed by atoms with E-state index >= 15 is 0 Å². The van der Waals surface area contributed by atoms with Crippen molar-refractivity contribution in [2.75, 3.05) is 39.9 Å². The average Bonchev–Trinajstić information content (AvgIpc) is 2.65. The Kier molecular flexibility index (Phi) is 7.91. The van der Waals surface area contributed by atoms with Crippen LogP contribution < -0.4 is 10.6 Å². The fraction of sp³-hybridized carbons (Fsp3) is 0.632. The maximum atomic E-state index is 12.6. The second-order valence-corrected chi connectivity index (χ2v) is 6.97. The molecule has 2 amide bonds. The van der Waals surface area contributed by atoms with Gasteiger partial charge in [0.2, 0.25) is 0 Å². The number of hydrogen-bond acceptors (Lipinski definition) is 3. The predicted octanol–water partition coefficient (Wildman–Crippen LogP) is 3.42. The highest BCUT2D eigenvalue weighted by molar-refractivity contribution is 5.74. The molecule has 152 valence electrons. The number of alkyl halides is 3. The molecule has 2 N–H and O–H groups in total. The normalized spacial score (nSPS) is 17.5. The second kappa shape index (κ2) is 9.94. The number of halogens is 3. The van der Waals surface area contributed by atoms with Crippen molar-refractivity contribution in [2.45, 2.75) is 32.0 Å². The summed E-state index contributed by atoms with van der Waals surface area (Å²) in [7, 11) is 1.70. The molecule has 2 rings (SSSR count). The van der Waals surface area contributed by atoms with Crippen molar-refractivity contribution in [1.82, 2.24) is 15.5 Å². The number of nitrogens with zero attached hydrogens (tertiary/aromatic N) is 1. The summed E-state index contributed by atoms with van der Waals surface area (Å²) in [6.07, 6.45) is -2.30. The zero-order valence-corrected chi connectivity index (χ0v) is 15.8. The Hall–Kier alpha value is -1.80.